The molecule has 78 valence electrons. The molecule has 0 atom stereocenters. The molecule has 1 aromatic rings. The Balaban J connectivity index is 2.49. The van der Waals surface area contributed by atoms with Crippen LogP contribution in [0.2, 0.25) is 0 Å². The fourth-order valence-electron chi connectivity index (χ4n) is 1.38. The molecule has 0 spiro atoms. The van der Waals surface area contributed by atoms with Crippen molar-refractivity contribution in [1.29, 1.82) is 0 Å². The Kier molecular flexibility index (Phi) is 4.32. The Hall–Kier alpha value is -0.640. The van der Waals surface area contributed by atoms with Crippen molar-refractivity contribution in [3.8, 4) is 0 Å². The molecule has 0 aliphatic heterocycles. The lowest BCUT2D eigenvalue weighted by Gasteiger charge is -2.01. The second kappa shape index (κ2) is 5.29. The normalized spacial score (nSPS) is 10.5. The molecule has 0 fully saturated rings. The van der Waals surface area contributed by atoms with Gasteiger partial charge in [0.2, 0.25) is 0 Å². The lowest BCUT2D eigenvalue weighted by molar-refractivity contribution is -0.119. The van der Waals surface area contributed by atoms with Gasteiger partial charge in [-0.15, -0.1) is 0 Å². The predicted octanol–water partition coefficient (Wildman–Crippen LogP) is 2.48. The number of aryl methyl sites for hydroxylation is 1. The third kappa shape index (κ3) is 2.94. The van der Waals surface area contributed by atoms with Crippen molar-refractivity contribution >= 4 is 21.7 Å². The SMILES string of the molecule is CCCC(=O)CCc1c(Br)cnn1C. The molecule has 0 N–H and O–H groups in total. The molecule has 0 aliphatic carbocycles. The molecule has 1 aromatic heterocycles. The van der Waals surface area contributed by atoms with E-state index >= 15 is 0 Å². The maximum absolute atomic E-state index is 11.3. The van der Waals surface area contributed by atoms with Gasteiger partial charge in [0.15, 0.2) is 0 Å². The van der Waals surface area contributed by atoms with Crippen molar-refractivity contribution in [3.63, 3.8) is 0 Å². The number of ketones is 1. The van der Waals surface area contributed by atoms with Gasteiger partial charge >= 0.3 is 0 Å². The van der Waals surface area contributed by atoms with Crippen molar-refractivity contribution in [2.24, 2.45) is 7.05 Å². The van der Waals surface area contributed by atoms with Crippen LogP contribution in [0.15, 0.2) is 10.7 Å². The summed E-state index contributed by atoms with van der Waals surface area (Å²) in [6.45, 7) is 2.03. The number of carbonyl (C=O) groups excluding carboxylic acids is 1. The highest BCUT2D eigenvalue weighted by molar-refractivity contribution is 9.10. The van der Waals surface area contributed by atoms with Crippen LogP contribution < -0.4 is 0 Å². The summed E-state index contributed by atoms with van der Waals surface area (Å²) < 4.78 is 2.80. The zero-order valence-corrected chi connectivity index (χ0v) is 10.2. The van der Waals surface area contributed by atoms with Crippen LogP contribution in [0.3, 0.4) is 0 Å². The summed E-state index contributed by atoms with van der Waals surface area (Å²) in [5.41, 5.74) is 1.09. The molecule has 0 aliphatic rings. The van der Waals surface area contributed by atoms with Gasteiger partial charge in [0, 0.05) is 19.9 Å². The van der Waals surface area contributed by atoms with E-state index in [1.54, 1.807) is 6.20 Å². The van der Waals surface area contributed by atoms with E-state index in [1.165, 1.54) is 0 Å². The molecular formula is C10H15BrN2O. The summed E-state index contributed by atoms with van der Waals surface area (Å²) in [6, 6.07) is 0. The van der Waals surface area contributed by atoms with Crippen LogP contribution in [0.5, 0.6) is 0 Å². The van der Waals surface area contributed by atoms with Gasteiger partial charge < -0.3 is 0 Å². The molecule has 1 heterocycles. The summed E-state index contributed by atoms with van der Waals surface area (Å²) in [6.07, 6.45) is 4.78. The first-order valence-electron chi connectivity index (χ1n) is 4.83. The van der Waals surface area contributed by atoms with Crippen LogP contribution in [-0.2, 0) is 18.3 Å². The van der Waals surface area contributed by atoms with Gasteiger partial charge in [0.25, 0.3) is 0 Å². The van der Waals surface area contributed by atoms with Crippen LogP contribution in [0.4, 0.5) is 0 Å². The van der Waals surface area contributed by atoms with E-state index in [4.69, 9.17) is 0 Å². The summed E-state index contributed by atoms with van der Waals surface area (Å²) in [5.74, 6) is 0.334. The van der Waals surface area contributed by atoms with Gasteiger partial charge in [0.05, 0.1) is 16.4 Å². The molecule has 0 aromatic carbocycles. The molecule has 0 bridgehead atoms. The number of carbonyl (C=O) groups is 1. The average molecular weight is 259 g/mol. The smallest absolute Gasteiger partial charge is 0.133 e. The molecule has 0 saturated heterocycles. The van der Waals surface area contributed by atoms with Crippen molar-refractivity contribution < 1.29 is 4.79 Å². The Labute approximate surface area is 92.6 Å². The zero-order chi connectivity index (χ0) is 10.6. The highest BCUT2D eigenvalue weighted by Gasteiger charge is 2.08. The highest BCUT2D eigenvalue weighted by Crippen LogP contribution is 2.16. The van der Waals surface area contributed by atoms with Gasteiger partial charge in [-0.3, -0.25) is 9.48 Å². The lowest BCUT2D eigenvalue weighted by atomic mass is 10.1. The van der Waals surface area contributed by atoms with Crippen molar-refractivity contribution in [1.82, 2.24) is 9.78 Å². The fourth-order valence-corrected chi connectivity index (χ4v) is 1.93. The Bertz CT molecular complexity index is 300. The minimum absolute atomic E-state index is 0.334. The maximum atomic E-state index is 11.3. The molecular weight excluding hydrogens is 244 g/mol. The third-order valence-corrected chi connectivity index (χ3v) is 2.84. The summed E-state index contributed by atoms with van der Waals surface area (Å²) in [5, 5.41) is 4.10. The van der Waals surface area contributed by atoms with Crippen molar-refractivity contribution in [2.75, 3.05) is 0 Å². The highest BCUT2D eigenvalue weighted by atomic mass is 79.9. The molecule has 0 saturated carbocycles. The Morgan fingerprint density at radius 2 is 2.29 bits per heavy atom. The van der Waals surface area contributed by atoms with E-state index in [9.17, 15) is 4.79 Å². The first kappa shape index (κ1) is 11.4. The quantitative estimate of drug-likeness (QED) is 0.814. The first-order chi connectivity index (χ1) is 6.65. The van der Waals surface area contributed by atoms with Gasteiger partial charge in [0.1, 0.15) is 5.78 Å². The summed E-state index contributed by atoms with van der Waals surface area (Å²) in [7, 11) is 1.89. The van der Waals surface area contributed by atoms with Gasteiger partial charge in [-0.05, 0) is 28.8 Å². The topological polar surface area (TPSA) is 34.9 Å². The van der Waals surface area contributed by atoms with Crippen LogP contribution in [0.25, 0.3) is 0 Å². The standard InChI is InChI=1S/C10H15BrN2O/c1-3-4-8(14)5-6-10-9(11)7-12-13(10)2/h7H,3-6H2,1-2H3. The van der Waals surface area contributed by atoms with Crippen LogP contribution in [0, 0.1) is 0 Å². The van der Waals surface area contributed by atoms with Gasteiger partial charge in [-0.25, -0.2) is 0 Å². The van der Waals surface area contributed by atoms with E-state index in [0.29, 0.717) is 18.6 Å². The lowest BCUT2D eigenvalue weighted by Crippen LogP contribution is -2.04. The maximum Gasteiger partial charge on any atom is 0.133 e. The molecule has 0 amide bonds. The van der Waals surface area contributed by atoms with Gasteiger partial charge in [-0.1, -0.05) is 6.92 Å². The van der Waals surface area contributed by atoms with E-state index < -0.39 is 0 Å². The number of halogens is 1. The van der Waals surface area contributed by atoms with E-state index in [-0.39, 0.29) is 0 Å². The zero-order valence-electron chi connectivity index (χ0n) is 8.59. The number of Topliss-reactive ketones (excluding diaryl/α,β-unsaturated/α-hetero) is 1. The number of rotatable bonds is 5. The van der Waals surface area contributed by atoms with Crippen molar-refractivity contribution in [2.45, 2.75) is 32.6 Å². The predicted molar refractivity (Wildman–Crippen MR) is 59.1 cm³/mol. The van der Waals surface area contributed by atoms with Crippen LogP contribution in [-0.4, -0.2) is 15.6 Å². The molecule has 0 unspecified atom stereocenters. The van der Waals surface area contributed by atoms with Gasteiger partial charge in [-0.2, -0.15) is 5.10 Å². The Morgan fingerprint density at radius 1 is 1.57 bits per heavy atom. The molecule has 3 nitrogen and oxygen atoms in total. The molecule has 1 rings (SSSR count). The number of aromatic nitrogens is 2. The molecule has 4 heteroatoms. The Morgan fingerprint density at radius 3 is 2.79 bits per heavy atom. The number of nitrogens with zero attached hydrogens (tertiary/aromatic N) is 2. The third-order valence-electron chi connectivity index (χ3n) is 2.18. The molecule has 14 heavy (non-hydrogen) atoms. The summed E-state index contributed by atoms with van der Waals surface area (Å²) >= 11 is 3.41. The van der Waals surface area contributed by atoms with E-state index in [2.05, 4.69) is 21.0 Å². The average Bonchev–Trinajstić information content (AvgIpc) is 2.44. The monoisotopic (exact) mass is 258 g/mol. The second-order valence-electron chi connectivity index (χ2n) is 3.35. The van der Waals surface area contributed by atoms with Crippen LogP contribution >= 0.6 is 15.9 Å². The fraction of sp³-hybridized carbons (Fsp3) is 0.600. The first-order valence-corrected chi connectivity index (χ1v) is 5.62. The largest absolute Gasteiger partial charge is 0.300 e. The van der Waals surface area contributed by atoms with E-state index in [0.717, 1.165) is 23.0 Å². The summed E-state index contributed by atoms with van der Waals surface area (Å²) in [4.78, 5) is 11.3. The van der Waals surface area contributed by atoms with Crippen LogP contribution in [0.1, 0.15) is 31.9 Å². The minimum Gasteiger partial charge on any atom is -0.300 e. The van der Waals surface area contributed by atoms with Crippen molar-refractivity contribution in [3.05, 3.63) is 16.4 Å². The minimum atomic E-state index is 0.334. The second-order valence-corrected chi connectivity index (χ2v) is 4.21. The number of hydrogen-bond donors (Lipinski definition) is 0. The van der Waals surface area contributed by atoms with E-state index in [1.807, 2.05) is 18.7 Å². The molecule has 0 radical (unpaired) electrons. The number of hydrogen-bond acceptors (Lipinski definition) is 2.